The van der Waals surface area contributed by atoms with Gasteiger partial charge in [0.1, 0.15) is 0 Å². The van der Waals surface area contributed by atoms with Gasteiger partial charge in [-0.1, -0.05) is 37.8 Å². The highest BCUT2D eigenvalue weighted by Gasteiger charge is 2.33. The lowest BCUT2D eigenvalue weighted by atomic mass is 10.0. The standard InChI is InChI=1S/C22H27F3N4O2/c23-22(24,25)17-7-3-6-16(14-17)20-27-28(21(31)29(20)18-9-10-18)13-12-26-19(30)11-8-15-4-1-2-5-15/h3,6-7,14-15,18H,1-2,4-5,8-13H2,(H,26,30). The van der Waals surface area contributed by atoms with E-state index in [1.165, 1.54) is 47.1 Å². The van der Waals surface area contributed by atoms with E-state index in [4.69, 9.17) is 0 Å². The van der Waals surface area contributed by atoms with Crippen molar-refractivity contribution in [3.8, 4) is 11.4 Å². The first kappa shape index (κ1) is 21.6. The fourth-order valence-electron chi connectivity index (χ4n) is 4.28. The van der Waals surface area contributed by atoms with E-state index in [-0.39, 0.29) is 42.1 Å². The Labute approximate surface area is 178 Å². The molecule has 2 aliphatic rings. The lowest BCUT2D eigenvalue weighted by molar-refractivity contribution is -0.137. The highest BCUT2D eigenvalue weighted by molar-refractivity contribution is 5.75. The van der Waals surface area contributed by atoms with Crippen LogP contribution in [0.15, 0.2) is 29.1 Å². The summed E-state index contributed by atoms with van der Waals surface area (Å²) in [7, 11) is 0. The molecule has 2 fully saturated rings. The van der Waals surface area contributed by atoms with Crippen LogP contribution in [0.1, 0.15) is 63.0 Å². The van der Waals surface area contributed by atoms with E-state index < -0.39 is 11.7 Å². The van der Waals surface area contributed by atoms with Crippen LogP contribution in [-0.4, -0.2) is 26.8 Å². The molecule has 1 N–H and O–H groups in total. The third-order valence-electron chi connectivity index (χ3n) is 6.13. The number of rotatable bonds is 8. The number of amides is 1. The van der Waals surface area contributed by atoms with Gasteiger partial charge in [-0.3, -0.25) is 9.36 Å². The maximum Gasteiger partial charge on any atom is 0.416 e. The first-order chi connectivity index (χ1) is 14.8. The minimum absolute atomic E-state index is 0.0354. The third-order valence-corrected chi connectivity index (χ3v) is 6.13. The average Bonchev–Trinajstić information content (AvgIpc) is 3.32. The van der Waals surface area contributed by atoms with Gasteiger partial charge < -0.3 is 5.32 Å². The Morgan fingerprint density at radius 1 is 1.16 bits per heavy atom. The smallest absolute Gasteiger partial charge is 0.354 e. The van der Waals surface area contributed by atoms with Crippen molar-refractivity contribution >= 4 is 5.91 Å². The predicted molar refractivity (Wildman–Crippen MR) is 109 cm³/mol. The summed E-state index contributed by atoms with van der Waals surface area (Å²) in [6.07, 6.45) is 3.38. The Morgan fingerprint density at radius 3 is 2.58 bits per heavy atom. The molecule has 9 heteroatoms. The summed E-state index contributed by atoms with van der Waals surface area (Å²) in [5, 5.41) is 7.15. The quantitative estimate of drug-likeness (QED) is 0.676. The fraction of sp³-hybridized carbons (Fsp3) is 0.591. The molecule has 0 atom stereocenters. The number of halogens is 3. The van der Waals surface area contributed by atoms with Gasteiger partial charge in [0, 0.05) is 24.6 Å². The van der Waals surface area contributed by atoms with Crippen LogP contribution in [0.25, 0.3) is 11.4 Å². The Hall–Kier alpha value is -2.58. The summed E-state index contributed by atoms with van der Waals surface area (Å²) in [6.45, 7) is 0.437. The van der Waals surface area contributed by atoms with Gasteiger partial charge in [0.2, 0.25) is 5.91 Å². The number of hydrogen-bond donors (Lipinski definition) is 1. The SMILES string of the molecule is O=C(CCC1CCCC1)NCCn1nc(-c2cccc(C(F)(F)F)c2)n(C2CC2)c1=O. The number of carbonyl (C=O) groups excluding carboxylic acids is 1. The van der Waals surface area contributed by atoms with Gasteiger partial charge in [-0.2, -0.15) is 13.2 Å². The molecule has 0 spiro atoms. The Balaban J connectivity index is 1.44. The molecule has 0 bridgehead atoms. The molecule has 0 aliphatic heterocycles. The predicted octanol–water partition coefficient (Wildman–Crippen LogP) is 4.15. The van der Waals surface area contributed by atoms with Crippen LogP contribution in [0.3, 0.4) is 0 Å². The Bertz CT molecular complexity index is 985. The number of carbonyl (C=O) groups is 1. The molecular formula is C22H27F3N4O2. The minimum atomic E-state index is -4.47. The monoisotopic (exact) mass is 436 g/mol. The van der Waals surface area contributed by atoms with Crippen LogP contribution in [0.4, 0.5) is 13.2 Å². The third kappa shape index (κ3) is 5.19. The highest BCUT2D eigenvalue weighted by atomic mass is 19.4. The molecule has 2 saturated carbocycles. The van der Waals surface area contributed by atoms with Crippen molar-refractivity contribution in [1.29, 1.82) is 0 Å². The van der Waals surface area contributed by atoms with Crippen LogP contribution < -0.4 is 11.0 Å². The largest absolute Gasteiger partial charge is 0.416 e. The van der Waals surface area contributed by atoms with Gasteiger partial charge in [-0.05, 0) is 37.3 Å². The summed E-state index contributed by atoms with van der Waals surface area (Å²) >= 11 is 0. The van der Waals surface area contributed by atoms with Crippen molar-refractivity contribution < 1.29 is 18.0 Å². The number of hydrogen-bond acceptors (Lipinski definition) is 3. The second-order valence-electron chi connectivity index (χ2n) is 8.55. The molecule has 1 aromatic carbocycles. The van der Waals surface area contributed by atoms with E-state index in [2.05, 4.69) is 10.4 Å². The van der Waals surface area contributed by atoms with Gasteiger partial charge in [0.25, 0.3) is 0 Å². The molecular weight excluding hydrogens is 409 g/mol. The molecule has 0 saturated heterocycles. The molecule has 1 aromatic heterocycles. The summed E-state index contributed by atoms with van der Waals surface area (Å²) in [5.41, 5.74) is -0.864. The summed E-state index contributed by atoms with van der Waals surface area (Å²) in [6, 6.07) is 4.85. The zero-order valence-corrected chi connectivity index (χ0v) is 17.3. The molecule has 2 aromatic rings. The van der Waals surface area contributed by atoms with Crippen LogP contribution in [0.2, 0.25) is 0 Å². The van der Waals surface area contributed by atoms with Crippen molar-refractivity contribution in [2.45, 2.75) is 70.1 Å². The molecule has 1 amide bonds. The van der Waals surface area contributed by atoms with Crippen molar-refractivity contribution in [2.75, 3.05) is 6.54 Å². The Kier molecular flexibility index (Phi) is 6.20. The number of aromatic nitrogens is 3. The fourth-order valence-corrected chi connectivity index (χ4v) is 4.28. The van der Waals surface area contributed by atoms with Gasteiger partial charge in [-0.15, -0.1) is 5.10 Å². The van der Waals surface area contributed by atoms with Crippen molar-refractivity contribution in [3.05, 3.63) is 40.3 Å². The number of alkyl halides is 3. The second-order valence-corrected chi connectivity index (χ2v) is 8.55. The zero-order chi connectivity index (χ0) is 22.0. The van der Waals surface area contributed by atoms with Crippen LogP contribution in [0, 0.1) is 5.92 Å². The molecule has 168 valence electrons. The van der Waals surface area contributed by atoms with Crippen LogP contribution in [0.5, 0.6) is 0 Å². The maximum atomic E-state index is 13.1. The molecule has 2 aliphatic carbocycles. The zero-order valence-electron chi connectivity index (χ0n) is 17.3. The van der Waals surface area contributed by atoms with E-state index in [0.29, 0.717) is 12.3 Å². The molecule has 0 radical (unpaired) electrons. The van der Waals surface area contributed by atoms with E-state index >= 15 is 0 Å². The van der Waals surface area contributed by atoms with E-state index in [9.17, 15) is 22.8 Å². The van der Waals surface area contributed by atoms with Gasteiger partial charge in [0.05, 0.1) is 12.1 Å². The van der Waals surface area contributed by atoms with Crippen molar-refractivity contribution in [3.63, 3.8) is 0 Å². The van der Waals surface area contributed by atoms with E-state index in [1.54, 1.807) is 0 Å². The van der Waals surface area contributed by atoms with E-state index in [1.807, 2.05) is 0 Å². The van der Waals surface area contributed by atoms with Gasteiger partial charge >= 0.3 is 11.9 Å². The number of nitrogens with zero attached hydrogens (tertiary/aromatic N) is 3. The Morgan fingerprint density at radius 2 is 1.90 bits per heavy atom. The first-order valence-electron chi connectivity index (χ1n) is 11.0. The minimum Gasteiger partial charge on any atom is -0.354 e. The van der Waals surface area contributed by atoms with Gasteiger partial charge in [0.15, 0.2) is 5.82 Å². The second kappa shape index (κ2) is 8.88. The van der Waals surface area contributed by atoms with Crippen LogP contribution in [-0.2, 0) is 17.5 Å². The molecule has 4 rings (SSSR count). The van der Waals surface area contributed by atoms with Crippen molar-refractivity contribution in [1.82, 2.24) is 19.7 Å². The molecule has 1 heterocycles. The number of nitrogens with one attached hydrogen (secondary N) is 1. The van der Waals surface area contributed by atoms with E-state index in [0.717, 1.165) is 31.4 Å². The summed E-state index contributed by atoms with van der Waals surface area (Å²) in [4.78, 5) is 24.9. The lowest BCUT2D eigenvalue weighted by Crippen LogP contribution is -2.32. The molecule has 6 nitrogen and oxygen atoms in total. The van der Waals surface area contributed by atoms with Crippen LogP contribution >= 0.6 is 0 Å². The lowest BCUT2D eigenvalue weighted by Gasteiger charge is -2.09. The maximum absolute atomic E-state index is 13.1. The summed E-state index contributed by atoms with van der Waals surface area (Å²) < 4.78 is 42.1. The highest BCUT2D eigenvalue weighted by Crippen LogP contribution is 2.37. The average molecular weight is 436 g/mol. The number of benzene rings is 1. The first-order valence-corrected chi connectivity index (χ1v) is 11.0. The summed E-state index contributed by atoms with van der Waals surface area (Å²) in [5.74, 6) is 0.837. The topological polar surface area (TPSA) is 68.9 Å². The van der Waals surface area contributed by atoms with Crippen molar-refractivity contribution in [2.24, 2.45) is 5.92 Å². The molecule has 31 heavy (non-hydrogen) atoms. The van der Waals surface area contributed by atoms with Gasteiger partial charge in [-0.25, -0.2) is 9.48 Å². The molecule has 0 unspecified atom stereocenters. The normalized spacial score (nSPS) is 17.3.